The molecule has 0 heterocycles. The van der Waals surface area contributed by atoms with Crippen molar-refractivity contribution in [2.24, 2.45) is 11.3 Å². The second-order valence-corrected chi connectivity index (χ2v) is 6.71. The van der Waals surface area contributed by atoms with Crippen molar-refractivity contribution < 1.29 is 19.1 Å². The maximum Gasteiger partial charge on any atom is 0.311 e. The summed E-state index contributed by atoms with van der Waals surface area (Å²) in [5.74, 6) is -2.57. The number of benzene rings is 2. The Morgan fingerprint density at radius 2 is 1.60 bits per heavy atom. The Kier molecular flexibility index (Phi) is 3.55. The smallest absolute Gasteiger partial charge is 0.311 e. The average Bonchev–Trinajstić information content (AvgIpc) is 3.26. The van der Waals surface area contributed by atoms with E-state index in [1.807, 2.05) is 0 Å². The normalized spacial score (nSPS) is 22.8. The van der Waals surface area contributed by atoms with E-state index >= 15 is 0 Å². The molecule has 5 heteroatoms. The maximum absolute atomic E-state index is 13.1. The van der Waals surface area contributed by atoms with E-state index in [-0.39, 0.29) is 18.2 Å². The van der Waals surface area contributed by atoms with E-state index in [0.717, 1.165) is 0 Å². The first-order valence-corrected chi connectivity index (χ1v) is 8.52. The quantitative estimate of drug-likeness (QED) is 0.623. The van der Waals surface area contributed by atoms with Crippen molar-refractivity contribution in [3.8, 4) is 0 Å². The molecule has 4 nitrogen and oxygen atoms in total. The number of Topliss-reactive ketones (excluding diaryl/α,β-unsaturated/α-hetero) is 2. The number of esters is 1. The number of hydrogen-bond acceptors (Lipinski definition) is 4. The lowest BCUT2D eigenvalue weighted by molar-refractivity contribution is -0.145. The summed E-state index contributed by atoms with van der Waals surface area (Å²) in [6.07, 6.45) is 0. The summed E-state index contributed by atoms with van der Waals surface area (Å²) in [5.41, 5.74) is -0.0366. The summed E-state index contributed by atoms with van der Waals surface area (Å²) in [6, 6.07) is 13.7. The molecule has 4 rings (SSSR count). The molecule has 1 spiro atoms. The highest BCUT2D eigenvalue weighted by atomic mass is 35.5. The van der Waals surface area contributed by atoms with Crippen molar-refractivity contribution in [3.05, 3.63) is 70.2 Å². The maximum atomic E-state index is 13.1. The standard InChI is InChI=1S/C20H15ClO4/c1-2-25-19(24)16-15(13-9-5-6-10-14(13)21)20(16)17(22)11-7-3-4-8-12(11)18(20)23/h3-10,15-16H,2H2,1H3/t15-,16+/m0/s1. The van der Waals surface area contributed by atoms with Crippen LogP contribution in [0.3, 0.4) is 0 Å². The van der Waals surface area contributed by atoms with Gasteiger partial charge in [-0.1, -0.05) is 54.1 Å². The summed E-state index contributed by atoms with van der Waals surface area (Å²) in [7, 11) is 0. The summed E-state index contributed by atoms with van der Waals surface area (Å²) in [4.78, 5) is 38.8. The molecule has 0 unspecified atom stereocenters. The van der Waals surface area contributed by atoms with Gasteiger partial charge >= 0.3 is 5.97 Å². The predicted molar refractivity (Wildman–Crippen MR) is 91.9 cm³/mol. The van der Waals surface area contributed by atoms with Gasteiger partial charge in [-0.3, -0.25) is 14.4 Å². The molecule has 0 amide bonds. The summed E-state index contributed by atoms with van der Waals surface area (Å²) in [5, 5.41) is 0.440. The molecule has 1 saturated carbocycles. The largest absolute Gasteiger partial charge is 0.466 e. The Morgan fingerprint density at radius 3 is 2.16 bits per heavy atom. The minimum absolute atomic E-state index is 0.190. The van der Waals surface area contributed by atoms with Crippen molar-refractivity contribution in [1.29, 1.82) is 0 Å². The zero-order valence-corrected chi connectivity index (χ0v) is 14.2. The molecule has 126 valence electrons. The molecule has 0 bridgehead atoms. The molecule has 1 fully saturated rings. The third kappa shape index (κ3) is 1.97. The van der Waals surface area contributed by atoms with Crippen molar-refractivity contribution in [2.45, 2.75) is 12.8 Å². The fourth-order valence-electron chi connectivity index (χ4n) is 4.09. The third-order valence-electron chi connectivity index (χ3n) is 5.15. The van der Waals surface area contributed by atoms with Crippen LogP contribution in [0.2, 0.25) is 5.02 Å². The lowest BCUT2D eigenvalue weighted by atomic mass is 9.93. The van der Waals surface area contributed by atoms with Crippen LogP contribution >= 0.6 is 11.6 Å². The Bertz CT molecular complexity index is 882. The highest BCUT2D eigenvalue weighted by Crippen LogP contribution is 2.71. The highest BCUT2D eigenvalue weighted by Gasteiger charge is 2.80. The number of halogens is 1. The predicted octanol–water partition coefficient (Wildman–Crippen LogP) is 3.68. The van der Waals surface area contributed by atoms with E-state index in [1.165, 1.54) is 0 Å². The minimum atomic E-state index is -1.42. The Labute approximate surface area is 149 Å². The van der Waals surface area contributed by atoms with Crippen LogP contribution in [-0.2, 0) is 9.53 Å². The molecule has 0 radical (unpaired) electrons. The van der Waals surface area contributed by atoms with E-state index in [2.05, 4.69) is 0 Å². The van der Waals surface area contributed by atoms with Crippen LogP contribution in [0.1, 0.15) is 39.1 Å². The second-order valence-electron chi connectivity index (χ2n) is 6.30. The SMILES string of the molecule is CCOC(=O)[C@H]1[C@H](c2ccccc2Cl)C12C(=O)c1ccccc1C2=O. The summed E-state index contributed by atoms with van der Waals surface area (Å²) in [6.45, 7) is 1.89. The van der Waals surface area contributed by atoms with Gasteiger partial charge in [0.2, 0.25) is 0 Å². The van der Waals surface area contributed by atoms with E-state index < -0.39 is 23.2 Å². The van der Waals surface area contributed by atoms with Crippen molar-refractivity contribution >= 4 is 29.1 Å². The van der Waals surface area contributed by atoms with Crippen molar-refractivity contribution in [2.75, 3.05) is 6.61 Å². The monoisotopic (exact) mass is 354 g/mol. The average molecular weight is 355 g/mol. The summed E-state index contributed by atoms with van der Waals surface area (Å²) >= 11 is 6.30. The van der Waals surface area contributed by atoms with E-state index in [0.29, 0.717) is 21.7 Å². The number of carbonyl (C=O) groups excluding carboxylic acids is 3. The fourth-order valence-corrected chi connectivity index (χ4v) is 4.34. The molecule has 2 aliphatic carbocycles. The first kappa shape index (κ1) is 16.0. The molecule has 0 aliphatic heterocycles. The number of hydrogen-bond donors (Lipinski definition) is 0. The lowest BCUT2D eigenvalue weighted by Crippen LogP contribution is -2.24. The van der Waals surface area contributed by atoms with Gasteiger partial charge < -0.3 is 4.74 Å². The molecule has 0 aromatic heterocycles. The van der Waals surface area contributed by atoms with Gasteiger partial charge in [0.05, 0.1) is 12.5 Å². The van der Waals surface area contributed by atoms with Crippen LogP contribution in [0.25, 0.3) is 0 Å². The number of ketones is 2. The molecule has 2 aromatic carbocycles. The number of rotatable bonds is 3. The molecule has 0 N–H and O–H groups in total. The topological polar surface area (TPSA) is 60.4 Å². The molecule has 2 aliphatic rings. The second kappa shape index (κ2) is 5.53. The third-order valence-corrected chi connectivity index (χ3v) is 5.50. The Hall–Kier alpha value is -2.46. The number of carbonyl (C=O) groups is 3. The number of ether oxygens (including phenoxy) is 1. The van der Waals surface area contributed by atoms with Crippen molar-refractivity contribution in [1.82, 2.24) is 0 Å². The van der Waals surface area contributed by atoms with Gasteiger partial charge in [-0.05, 0) is 18.6 Å². The van der Waals surface area contributed by atoms with Crippen LogP contribution in [-0.4, -0.2) is 24.1 Å². The van der Waals surface area contributed by atoms with Crippen LogP contribution < -0.4 is 0 Å². The van der Waals surface area contributed by atoms with Gasteiger partial charge in [0, 0.05) is 22.1 Å². The van der Waals surface area contributed by atoms with E-state index in [9.17, 15) is 14.4 Å². The molecule has 2 aromatic rings. The zero-order chi connectivity index (χ0) is 17.8. The molecule has 0 saturated heterocycles. The Balaban J connectivity index is 1.88. The van der Waals surface area contributed by atoms with Crippen LogP contribution in [0.15, 0.2) is 48.5 Å². The van der Waals surface area contributed by atoms with Gasteiger partial charge in [-0.2, -0.15) is 0 Å². The first-order valence-electron chi connectivity index (χ1n) is 8.14. The van der Waals surface area contributed by atoms with Gasteiger partial charge in [-0.25, -0.2) is 0 Å². The van der Waals surface area contributed by atoms with Gasteiger partial charge in [0.15, 0.2) is 11.6 Å². The van der Waals surface area contributed by atoms with Gasteiger partial charge in [0.1, 0.15) is 5.41 Å². The minimum Gasteiger partial charge on any atom is -0.466 e. The van der Waals surface area contributed by atoms with Crippen molar-refractivity contribution in [3.63, 3.8) is 0 Å². The lowest BCUT2D eigenvalue weighted by Gasteiger charge is -2.07. The molecule has 2 atom stereocenters. The molecule has 25 heavy (non-hydrogen) atoms. The number of fused-ring (bicyclic) bond motifs is 1. The molecular formula is C20H15ClO4. The van der Waals surface area contributed by atoms with Gasteiger partial charge in [-0.15, -0.1) is 0 Å². The van der Waals surface area contributed by atoms with E-state index in [1.54, 1.807) is 55.5 Å². The molecular weight excluding hydrogens is 340 g/mol. The first-order chi connectivity index (χ1) is 12.0. The van der Waals surface area contributed by atoms with Crippen LogP contribution in [0.4, 0.5) is 0 Å². The van der Waals surface area contributed by atoms with Crippen LogP contribution in [0, 0.1) is 11.3 Å². The van der Waals surface area contributed by atoms with Crippen LogP contribution in [0.5, 0.6) is 0 Å². The highest BCUT2D eigenvalue weighted by molar-refractivity contribution is 6.35. The zero-order valence-electron chi connectivity index (χ0n) is 13.5. The fraction of sp³-hybridized carbons (Fsp3) is 0.250. The van der Waals surface area contributed by atoms with Gasteiger partial charge in [0.25, 0.3) is 0 Å². The Morgan fingerprint density at radius 1 is 1.04 bits per heavy atom. The van der Waals surface area contributed by atoms with E-state index in [4.69, 9.17) is 16.3 Å². The summed E-state index contributed by atoms with van der Waals surface area (Å²) < 4.78 is 5.15.